The van der Waals surface area contributed by atoms with Crippen LogP contribution in [0.25, 0.3) is 11.3 Å². The lowest BCUT2D eigenvalue weighted by Crippen LogP contribution is -1.95. The number of carbonyl (C=O) groups is 1. The molecule has 2 heterocycles. The summed E-state index contributed by atoms with van der Waals surface area (Å²) in [4.78, 5) is 10.8. The number of rotatable bonds is 3. The predicted octanol–water partition coefficient (Wildman–Crippen LogP) is 1.51. The number of H-pyrrole nitrogens is 1. The van der Waals surface area contributed by atoms with Crippen molar-refractivity contribution in [1.82, 2.24) is 10.2 Å². The van der Waals surface area contributed by atoms with E-state index in [4.69, 9.17) is 19.3 Å². The number of carboxylic acids is 1. The van der Waals surface area contributed by atoms with Crippen molar-refractivity contribution in [1.29, 1.82) is 0 Å². The lowest BCUT2D eigenvalue weighted by Gasteiger charge is -2.08. The molecular formula is C12H10N2O5. The van der Waals surface area contributed by atoms with E-state index in [-0.39, 0.29) is 12.5 Å². The number of hydrogen-bond donors (Lipinski definition) is 2. The van der Waals surface area contributed by atoms with Gasteiger partial charge in [-0.3, -0.25) is 5.10 Å². The van der Waals surface area contributed by atoms with Crippen LogP contribution in [-0.4, -0.2) is 35.2 Å². The number of aromatic carboxylic acids is 1. The van der Waals surface area contributed by atoms with Gasteiger partial charge in [-0.05, 0) is 18.2 Å². The Morgan fingerprint density at radius 1 is 1.47 bits per heavy atom. The number of carboxylic acid groups (broad SMARTS) is 1. The van der Waals surface area contributed by atoms with Crippen molar-refractivity contribution in [3.8, 4) is 28.5 Å². The van der Waals surface area contributed by atoms with Crippen LogP contribution in [0.5, 0.6) is 17.2 Å². The van der Waals surface area contributed by atoms with Gasteiger partial charge in [-0.15, -0.1) is 0 Å². The predicted molar refractivity (Wildman–Crippen MR) is 63.7 cm³/mol. The van der Waals surface area contributed by atoms with Gasteiger partial charge in [0.25, 0.3) is 0 Å². The molecule has 19 heavy (non-hydrogen) atoms. The molecule has 7 nitrogen and oxygen atoms in total. The molecule has 98 valence electrons. The maximum Gasteiger partial charge on any atom is 0.353 e. The molecule has 1 aromatic carbocycles. The molecule has 0 bridgehead atoms. The topological polar surface area (TPSA) is 93.7 Å². The van der Waals surface area contributed by atoms with Crippen LogP contribution in [-0.2, 0) is 0 Å². The van der Waals surface area contributed by atoms with Crippen LogP contribution >= 0.6 is 0 Å². The van der Waals surface area contributed by atoms with E-state index in [0.717, 1.165) is 0 Å². The summed E-state index contributed by atoms with van der Waals surface area (Å²) < 4.78 is 15.9. The summed E-state index contributed by atoms with van der Waals surface area (Å²) in [5, 5.41) is 15.3. The first-order chi connectivity index (χ1) is 9.20. The van der Waals surface area contributed by atoms with E-state index >= 15 is 0 Å². The molecule has 3 rings (SSSR count). The third-order valence-corrected chi connectivity index (χ3v) is 2.78. The van der Waals surface area contributed by atoms with E-state index in [1.807, 2.05) is 0 Å². The van der Waals surface area contributed by atoms with E-state index in [1.54, 1.807) is 12.1 Å². The zero-order valence-corrected chi connectivity index (χ0v) is 9.97. The van der Waals surface area contributed by atoms with Crippen molar-refractivity contribution >= 4 is 5.97 Å². The first kappa shape index (κ1) is 11.4. The fraction of sp³-hybridized carbons (Fsp3) is 0.167. The van der Waals surface area contributed by atoms with Crippen molar-refractivity contribution in [3.05, 3.63) is 23.9 Å². The summed E-state index contributed by atoms with van der Waals surface area (Å²) in [6, 6.07) is 4.91. The molecule has 0 atom stereocenters. The molecule has 0 radical (unpaired) electrons. The molecule has 0 aliphatic carbocycles. The van der Waals surface area contributed by atoms with Crippen molar-refractivity contribution < 1.29 is 24.1 Å². The number of aromatic amines is 1. The van der Waals surface area contributed by atoms with Crippen molar-refractivity contribution in [3.63, 3.8) is 0 Å². The Bertz CT molecular complexity index is 650. The highest BCUT2D eigenvalue weighted by atomic mass is 16.7. The Labute approximate surface area is 107 Å². The first-order valence-electron chi connectivity index (χ1n) is 5.46. The summed E-state index contributed by atoms with van der Waals surface area (Å²) in [7, 11) is 1.51. The molecule has 1 aliphatic heterocycles. The molecule has 0 saturated carbocycles. The zero-order chi connectivity index (χ0) is 13.4. The summed E-state index contributed by atoms with van der Waals surface area (Å²) in [6.07, 6.45) is 0. The molecule has 7 heteroatoms. The van der Waals surface area contributed by atoms with Crippen molar-refractivity contribution in [2.75, 3.05) is 13.9 Å². The van der Waals surface area contributed by atoms with E-state index in [1.165, 1.54) is 13.2 Å². The smallest absolute Gasteiger partial charge is 0.353 e. The van der Waals surface area contributed by atoms with Crippen LogP contribution < -0.4 is 14.2 Å². The number of aromatic nitrogens is 2. The highest BCUT2D eigenvalue weighted by Gasteiger charge is 2.23. The van der Waals surface area contributed by atoms with Gasteiger partial charge in [0.15, 0.2) is 11.5 Å². The second-order valence-electron chi connectivity index (χ2n) is 3.85. The Balaban J connectivity index is 2.11. The molecule has 0 amide bonds. The number of fused-ring (bicyclic) bond motifs is 1. The van der Waals surface area contributed by atoms with Crippen LogP contribution in [0.3, 0.4) is 0 Å². The SMILES string of the molecule is COc1c(-c2cc(C(=O)O)[nH]n2)ccc2c1OCO2. The number of benzene rings is 1. The largest absolute Gasteiger partial charge is 0.492 e. The lowest BCUT2D eigenvalue weighted by atomic mass is 10.1. The van der Waals surface area contributed by atoms with E-state index in [0.29, 0.717) is 28.5 Å². The minimum Gasteiger partial charge on any atom is -0.492 e. The van der Waals surface area contributed by atoms with Gasteiger partial charge in [-0.1, -0.05) is 0 Å². The third-order valence-electron chi connectivity index (χ3n) is 2.78. The minimum absolute atomic E-state index is 0.00900. The van der Waals surface area contributed by atoms with Gasteiger partial charge in [-0.25, -0.2) is 4.79 Å². The van der Waals surface area contributed by atoms with Crippen LogP contribution in [0, 0.1) is 0 Å². The number of ether oxygens (including phenoxy) is 3. The van der Waals surface area contributed by atoms with Crippen LogP contribution in [0.4, 0.5) is 0 Å². The van der Waals surface area contributed by atoms with Gasteiger partial charge in [-0.2, -0.15) is 5.10 Å². The molecule has 2 N–H and O–H groups in total. The Kier molecular flexibility index (Phi) is 2.52. The van der Waals surface area contributed by atoms with Crippen LogP contribution in [0.15, 0.2) is 18.2 Å². The van der Waals surface area contributed by atoms with E-state index in [2.05, 4.69) is 10.2 Å². The molecule has 0 unspecified atom stereocenters. The average molecular weight is 262 g/mol. The fourth-order valence-corrected chi connectivity index (χ4v) is 1.92. The van der Waals surface area contributed by atoms with Gasteiger partial charge < -0.3 is 19.3 Å². The Hall–Kier alpha value is -2.70. The molecule has 0 spiro atoms. The molecule has 0 saturated heterocycles. The number of methoxy groups -OCH3 is 1. The van der Waals surface area contributed by atoms with Gasteiger partial charge in [0.05, 0.1) is 12.8 Å². The zero-order valence-electron chi connectivity index (χ0n) is 9.97. The average Bonchev–Trinajstić information content (AvgIpc) is 3.05. The molecule has 1 aromatic heterocycles. The Morgan fingerprint density at radius 2 is 2.32 bits per heavy atom. The highest BCUT2D eigenvalue weighted by Crippen LogP contribution is 2.46. The second-order valence-corrected chi connectivity index (χ2v) is 3.85. The summed E-state index contributed by atoms with van der Waals surface area (Å²) in [5.74, 6) is 0.492. The molecular weight excluding hydrogens is 252 g/mol. The minimum atomic E-state index is -1.07. The van der Waals surface area contributed by atoms with Gasteiger partial charge >= 0.3 is 5.97 Å². The van der Waals surface area contributed by atoms with E-state index < -0.39 is 5.97 Å². The number of nitrogens with one attached hydrogen (secondary N) is 1. The number of nitrogens with zero attached hydrogens (tertiary/aromatic N) is 1. The standard InChI is InChI=1S/C12H10N2O5/c1-17-10-6(2-3-9-11(10)19-5-18-9)7-4-8(12(15)16)14-13-7/h2-4H,5H2,1H3,(H,13,14)(H,15,16). The van der Waals surface area contributed by atoms with Crippen molar-refractivity contribution in [2.45, 2.75) is 0 Å². The van der Waals surface area contributed by atoms with Crippen molar-refractivity contribution in [2.24, 2.45) is 0 Å². The highest BCUT2D eigenvalue weighted by molar-refractivity contribution is 5.87. The third kappa shape index (κ3) is 1.75. The van der Waals surface area contributed by atoms with Gasteiger partial charge in [0.2, 0.25) is 12.5 Å². The monoisotopic (exact) mass is 262 g/mol. The fourth-order valence-electron chi connectivity index (χ4n) is 1.92. The molecule has 1 aliphatic rings. The summed E-state index contributed by atoms with van der Waals surface area (Å²) in [6.45, 7) is 0.135. The van der Waals surface area contributed by atoms with Crippen LogP contribution in [0.1, 0.15) is 10.5 Å². The second kappa shape index (κ2) is 4.20. The van der Waals surface area contributed by atoms with E-state index in [9.17, 15) is 4.79 Å². The number of hydrogen-bond acceptors (Lipinski definition) is 5. The van der Waals surface area contributed by atoms with Crippen LogP contribution in [0.2, 0.25) is 0 Å². The normalized spacial score (nSPS) is 12.5. The first-order valence-corrected chi connectivity index (χ1v) is 5.46. The summed E-state index contributed by atoms with van der Waals surface area (Å²) >= 11 is 0. The van der Waals surface area contributed by atoms with Gasteiger partial charge in [0, 0.05) is 5.56 Å². The van der Waals surface area contributed by atoms with Gasteiger partial charge in [0.1, 0.15) is 5.69 Å². The maximum atomic E-state index is 10.8. The Morgan fingerprint density at radius 3 is 3.00 bits per heavy atom. The summed E-state index contributed by atoms with van der Waals surface area (Å²) in [5.41, 5.74) is 1.11. The lowest BCUT2D eigenvalue weighted by molar-refractivity contribution is 0.0690. The molecule has 2 aromatic rings. The quantitative estimate of drug-likeness (QED) is 0.870. The molecule has 0 fully saturated rings. The maximum absolute atomic E-state index is 10.8.